The molecule has 8 atom stereocenters. The van der Waals surface area contributed by atoms with Crippen LogP contribution in [0.3, 0.4) is 0 Å². The molecule has 0 aromatic heterocycles. The summed E-state index contributed by atoms with van der Waals surface area (Å²) < 4.78 is 68.4. The Morgan fingerprint density at radius 2 is 0.522 bits per heavy atom. The summed E-state index contributed by atoms with van der Waals surface area (Å²) in [5, 5.41) is 10.6. The molecule has 546 valence electrons. The number of rotatable bonds is 70. The van der Waals surface area contributed by atoms with Crippen LogP contribution in [-0.2, 0) is 65.4 Å². The summed E-state index contributed by atoms with van der Waals surface area (Å²) in [6.45, 7) is 14.2. The minimum Gasteiger partial charge on any atom is -0.462 e. The Hall–Kier alpha value is -1.94. The number of phosphoric ester groups is 2. The lowest BCUT2D eigenvalue weighted by molar-refractivity contribution is -0.161. The number of phosphoric acid groups is 2. The fourth-order valence-corrected chi connectivity index (χ4v) is 12.5. The third-order valence-electron chi connectivity index (χ3n) is 17.9. The van der Waals surface area contributed by atoms with Crippen LogP contribution in [0.15, 0.2) is 0 Å². The van der Waals surface area contributed by atoms with Gasteiger partial charge in [-0.15, -0.1) is 0 Å². The molecule has 0 heterocycles. The normalized spacial score (nSPS) is 15.1. The first-order valence-corrected chi connectivity index (χ1v) is 40.8. The lowest BCUT2D eigenvalue weighted by atomic mass is 9.99. The van der Waals surface area contributed by atoms with Crippen LogP contribution in [-0.4, -0.2) is 96.7 Å². The van der Waals surface area contributed by atoms with Crippen molar-refractivity contribution in [3.63, 3.8) is 0 Å². The molecule has 0 saturated heterocycles. The predicted molar refractivity (Wildman–Crippen MR) is 372 cm³/mol. The van der Waals surface area contributed by atoms with Crippen LogP contribution in [0.2, 0.25) is 0 Å². The zero-order chi connectivity index (χ0) is 68.2. The van der Waals surface area contributed by atoms with Crippen LogP contribution in [0.1, 0.15) is 364 Å². The largest absolute Gasteiger partial charge is 0.472 e. The maximum absolute atomic E-state index is 13.0. The van der Waals surface area contributed by atoms with E-state index in [4.69, 9.17) is 37.0 Å². The second kappa shape index (κ2) is 62.6. The van der Waals surface area contributed by atoms with Crippen molar-refractivity contribution in [3.8, 4) is 0 Å². The van der Waals surface area contributed by atoms with Gasteiger partial charge in [0.25, 0.3) is 0 Å². The molecule has 0 aliphatic rings. The lowest BCUT2D eigenvalue weighted by Crippen LogP contribution is -2.30. The number of carbonyl (C=O) groups is 4. The highest BCUT2D eigenvalue weighted by molar-refractivity contribution is 7.47. The number of carbonyl (C=O) groups excluding carboxylic acids is 4. The monoisotopic (exact) mass is 1350 g/mol. The summed E-state index contributed by atoms with van der Waals surface area (Å²) in [6, 6.07) is 0. The van der Waals surface area contributed by atoms with Gasteiger partial charge >= 0.3 is 39.5 Å². The Morgan fingerprint density at radius 3 is 0.772 bits per heavy atom. The highest BCUT2D eigenvalue weighted by Crippen LogP contribution is 2.45. The number of ether oxygens (including phenoxy) is 4. The van der Waals surface area contributed by atoms with Crippen molar-refractivity contribution in [2.45, 2.75) is 382 Å². The predicted octanol–water partition coefficient (Wildman–Crippen LogP) is 20.9. The Balaban J connectivity index is 5.23. The number of hydrogen-bond donors (Lipinski definition) is 3. The summed E-state index contributed by atoms with van der Waals surface area (Å²) in [5.41, 5.74) is 0. The average Bonchev–Trinajstić information content (AvgIpc) is 2.70. The summed E-state index contributed by atoms with van der Waals surface area (Å²) in [6.07, 6.45) is 45.8. The first kappa shape index (κ1) is 90.1. The van der Waals surface area contributed by atoms with Crippen LogP contribution < -0.4 is 0 Å². The topological polar surface area (TPSA) is 237 Å². The SMILES string of the molecule is CCC(C)CCCCCCCCCCCCCCCCC(=O)OC[C@H](COP(=O)(O)OC[C@@H](O)COP(=O)(O)OC[C@@H](COC(=O)CCCCCCCCC(C)CC)OC(=O)CCCCCCCCCCC(C)CC)OC(=O)CCCCCCCCCCCC(C)C. The lowest BCUT2D eigenvalue weighted by Gasteiger charge is -2.21. The van der Waals surface area contributed by atoms with Gasteiger partial charge in [0.05, 0.1) is 26.4 Å². The highest BCUT2D eigenvalue weighted by atomic mass is 31.2. The van der Waals surface area contributed by atoms with Crippen LogP contribution in [0, 0.1) is 23.7 Å². The third kappa shape index (κ3) is 62.8. The van der Waals surface area contributed by atoms with Crippen molar-refractivity contribution in [2.75, 3.05) is 39.6 Å². The molecule has 0 spiro atoms. The fourth-order valence-electron chi connectivity index (χ4n) is 10.9. The van der Waals surface area contributed by atoms with Gasteiger partial charge in [0.15, 0.2) is 12.2 Å². The summed E-state index contributed by atoms with van der Waals surface area (Å²) in [5.74, 6) is 0.959. The van der Waals surface area contributed by atoms with Crippen molar-refractivity contribution >= 4 is 39.5 Å². The molecule has 0 radical (unpaired) electrons. The van der Waals surface area contributed by atoms with Gasteiger partial charge in [-0.05, 0) is 49.4 Å². The molecule has 19 heteroatoms. The number of unbranched alkanes of at least 4 members (excludes halogenated alkanes) is 33. The van der Waals surface area contributed by atoms with Gasteiger partial charge in [-0.3, -0.25) is 37.3 Å². The highest BCUT2D eigenvalue weighted by Gasteiger charge is 2.30. The van der Waals surface area contributed by atoms with E-state index in [1.54, 1.807) is 0 Å². The average molecular weight is 1350 g/mol. The number of esters is 4. The maximum atomic E-state index is 13.0. The molecule has 0 aliphatic carbocycles. The summed E-state index contributed by atoms with van der Waals surface area (Å²) in [4.78, 5) is 72.7. The molecule has 0 rings (SSSR count). The first-order chi connectivity index (χ1) is 44.2. The molecule has 0 amide bonds. The number of hydrogen-bond acceptors (Lipinski definition) is 15. The Bertz CT molecular complexity index is 1820. The Labute approximate surface area is 562 Å². The molecule has 17 nitrogen and oxygen atoms in total. The van der Waals surface area contributed by atoms with E-state index < -0.39 is 97.5 Å². The second-order valence-corrected chi connectivity index (χ2v) is 30.4. The standard InChI is InChI=1S/C73H142O17P2/c1-9-64(6)50-42-34-26-20-16-14-12-13-15-17-21-28-37-45-53-70(75)83-59-68(89-72(77)55-47-39-29-22-18-19-25-33-41-49-63(4)5)61-87-91(79,80)85-57-67(74)58-86-92(81,82)88-62-69(60-84-71(76)54-46-38-32-31-36-44-52-66(8)11-3)90-73(78)56-48-40-30-24-23-27-35-43-51-65(7)10-2/h63-69,74H,9-62H2,1-8H3,(H,79,80)(H,81,82)/t64?,65?,66?,67-,68-,69-/m1/s1. The van der Waals surface area contributed by atoms with Crippen LogP contribution in [0.5, 0.6) is 0 Å². The molecule has 92 heavy (non-hydrogen) atoms. The van der Waals surface area contributed by atoms with Gasteiger partial charge in [0.2, 0.25) is 0 Å². The van der Waals surface area contributed by atoms with Crippen LogP contribution >= 0.6 is 15.6 Å². The fraction of sp³-hybridized carbons (Fsp3) is 0.945. The molecule has 0 bridgehead atoms. The van der Waals surface area contributed by atoms with E-state index in [0.717, 1.165) is 120 Å². The van der Waals surface area contributed by atoms with E-state index in [2.05, 4.69) is 55.4 Å². The Morgan fingerprint density at radius 1 is 0.304 bits per heavy atom. The van der Waals surface area contributed by atoms with Crippen molar-refractivity contribution in [3.05, 3.63) is 0 Å². The molecule has 0 fully saturated rings. The molecule has 5 unspecified atom stereocenters. The zero-order valence-electron chi connectivity index (χ0n) is 60.2. The van der Waals surface area contributed by atoms with Crippen molar-refractivity contribution in [2.24, 2.45) is 23.7 Å². The quantitative estimate of drug-likeness (QED) is 0.0222. The van der Waals surface area contributed by atoms with E-state index in [-0.39, 0.29) is 25.7 Å². The van der Waals surface area contributed by atoms with Crippen LogP contribution in [0.4, 0.5) is 0 Å². The molecule has 0 aromatic carbocycles. The second-order valence-electron chi connectivity index (χ2n) is 27.5. The van der Waals surface area contributed by atoms with Gasteiger partial charge in [-0.25, -0.2) is 9.13 Å². The molecule has 3 N–H and O–H groups in total. The van der Waals surface area contributed by atoms with Gasteiger partial charge in [0, 0.05) is 25.7 Å². The van der Waals surface area contributed by atoms with Gasteiger partial charge < -0.3 is 33.8 Å². The number of aliphatic hydroxyl groups is 1. The summed E-state index contributed by atoms with van der Waals surface area (Å²) in [7, 11) is -9.91. The summed E-state index contributed by atoms with van der Waals surface area (Å²) >= 11 is 0. The smallest absolute Gasteiger partial charge is 0.462 e. The van der Waals surface area contributed by atoms with E-state index in [0.29, 0.717) is 25.7 Å². The van der Waals surface area contributed by atoms with E-state index >= 15 is 0 Å². The molecular formula is C73H142O17P2. The maximum Gasteiger partial charge on any atom is 0.472 e. The van der Waals surface area contributed by atoms with E-state index in [1.165, 1.54) is 161 Å². The molecule has 0 aromatic rings. The first-order valence-electron chi connectivity index (χ1n) is 37.8. The van der Waals surface area contributed by atoms with Crippen molar-refractivity contribution < 1.29 is 80.2 Å². The Kier molecular flexibility index (Phi) is 61.3. The van der Waals surface area contributed by atoms with Gasteiger partial charge in [-0.2, -0.15) is 0 Å². The molecule has 0 saturated carbocycles. The van der Waals surface area contributed by atoms with Crippen molar-refractivity contribution in [1.82, 2.24) is 0 Å². The van der Waals surface area contributed by atoms with Gasteiger partial charge in [-0.1, -0.05) is 312 Å². The zero-order valence-corrected chi connectivity index (χ0v) is 62.0. The third-order valence-corrected chi connectivity index (χ3v) is 19.8. The minimum atomic E-state index is -4.96. The minimum absolute atomic E-state index is 0.104. The van der Waals surface area contributed by atoms with E-state index in [1.807, 2.05) is 0 Å². The number of aliphatic hydroxyl groups excluding tert-OH is 1. The molecule has 0 aliphatic heterocycles. The van der Waals surface area contributed by atoms with Crippen molar-refractivity contribution in [1.29, 1.82) is 0 Å². The van der Waals surface area contributed by atoms with Crippen LogP contribution in [0.25, 0.3) is 0 Å². The van der Waals surface area contributed by atoms with Gasteiger partial charge in [0.1, 0.15) is 19.3 Å². The van der Waals surface area contributed by atoms with E-state index in [9.17, 15) is 43.2 Å². The molecular weight excluding hydrogens is 1210 g/mol.